The van der Waals surface area contributed by atoms with Gasteiger partial charge in [-0.2, -0.15) is 0 Å². The van der Waals surface area contributed by atoms with E-state index < -0.39 is 5.54 Å². The Morgan fingerprint density at radius 2 is 2.00 bits per heavy atom. The predicted molar refractivity (Wildman–Crippen MR) is 76.0 cm³/mol. The van der Waals surface area contributed by atoms with Gasteiger partial charge in [0.2, 0.25) is 5.91 Å². The van der Waals surface area contributed by atoms with Crippen LogP contribution in [0.15, 0.2) is 24.3 Å². The number of carbonyl (C=O) groups is 1. The molecule has 2 rings (SSSR count). The van der Waals surface area contributed by atoms with Crippen LogP contribution in [0.5, 0.6) is 0 Å². The minimum Gasteiger partial charge on any atom is -0.375 e. The molecule has 1 saturated heterocycles. The lowest BCUT2D eigenvalue weighted by Gasteiger charge is -2.41. The summed E-state index contributed by atoms with van der Waals surface area (Å²) in [6.07, 6.45) is 1.24. The van der Waals surface area contributed by atoms with Gasteiger partial charge in [0.15, 0.2) is 0 Å². The zero-order chi connectivity index (χ0) is 14.0. The molecule has 0 radical (unpaired) electrons. The first-order valence-electron chi connectivity index (χ1n) is 6.71. The third-order valence-electron chi connectivity index (χ3n) is 3.61. The van der Waals surface area contributed by atoms with E-state index in [1.165, 1.54) is 0 Å². The first-order chi connectivity index (χ1) is 8.91. The van der Waals surface area contributed by atoms with Gasteiger partial charge in [0.05, 0.1) is 12.2 Å². The highest BCUT2D eigenvalue weighted by Crippen LogP contribution is 2.32. The Kier molecular flexibility index (Phi) is 3.80. The molecule has 0 spiro atoms. The smallest absolute Gasteiger partial charge is 0.243 e. The lowest BCUT2D eigenvalue weighted by Crippen LogP contribution is -2.57. The van der Waals surface area contributed by atoms with E-state index in [-0.39, 0.29) is 18.1 Å². The Labute approximate surface area is 114 Å². The van der Waals surface area contributed by atoms with Crippen molar-refractivity contribution in [2.45, 2.75) is 51.4 Å². The molecule has 3 N–H and O–H groups in total. The number of anilines is 1. The van der Waals surface area contributed by atoms with Crippen LogP contribution in [-0.2, 0) is 9.53 Å². The molecule has 2 unspecified atom stereocenters. The molecule has 0 saturated carbocycles. The van der Waals surface area contributed by atoms with Gasteiger partial charge in [0, 0.05) is 18.5 Å². The number of nitrogens with two attached hydrogens (primary N) is 1. The number of hydrogen-bond donors (Lipinski definition) is 2. The fraction of sp³-hybridized carbons (Fsp3) is 0.533. The lowest BCUT2D eigenvalue weighted by molar-refractivity contribution is -0.131. The van der Waals surface area contributed by atoms with Crippen molar-refractivity contribution in [2.75, 3.05) is 5.32 Å². The highest BCUT2D eigenvalue weighted by atomic mass is 16.5. The third-order valence-corrected chi connectivity index (χ3v) is 3.61. The van der Waals surface area contributed by atoms with E-state index in [4.69, 9.17) is 10.5 Å². The zero-order valence-electron chi connectivity index (χ0n) is 11.8. The van der Waals surface area contributed by atoms with Gasteiger partial charge in [-0.1, -0.05) is 12.1 Å². The average Bonchev–Trinajstić information content (AvgIpc) is 2.27. The van der Waals surface area contributed by atoms with Crippen molar-refractivity contribution in [3.8, 4) is 0 Å². The normalized spacial score (nSPS) is 30.9. The van der Waals surface area contributed by atoms with Crippen LogP contribution in [0.2, 0.25) is 0 Å². The molecule has 0 aromatic heterocycles. The quantitative estimate of drug-likeness (QED) is 0.878. The van der Waals surface area contributed by atoms with Crippen LogP contribution in [0.4, 0.5) is 5.69 Å². The second-order valence-electron chi connectivity index (χ2n) is 5.61. The number of rotatable bonds is 3. The second-order valence-corrected chi connectivity index (χ2v) is 5.61. The Morgan fingerprint density at radius 1 is 1.37 bits per heavy atom. The SMILES string of the molecule is Cc1cccc(NC2(C(N)=O)CC(C)OC(C)C2)c1. The summed E-state index contributed by atoms with van der Waals surface area (Å²) in [7, 11) is 0. The number of aryl methyl sites for hydroxylation is 1. The van der Waals surface area contributed by atoms with Crippen molar-refractivity contribution in [1.29, 1.82) is 0 Å². The third kappa shape index (κ3) is 3.07. The van der Waals surface area contributed by atoms with E-state index in [2.05, 4.69) is 5.32 Å². The van der Waals surface area contributed by atoms with Crippen molar-refractivity contribution in [2.24, 2.45) is 5.73 Å². The maximum atomic E-state index is 12.0. The maximum Gasteiger partial charge on any atom is 0.243 e. The van der Waals surface area contributed by atoms with Gasteiger partial charge in [0.1, 0.15) is 5.54 Å². The number of amides is 1. The van der Waals surface area contributed by atoms with Crippen molar-refractivity contribution in [3.63, 3.8) is 0 Å². The molecular formula is C15H22N2O2. The molecule has 104 valence electrons. The molecule has 4 heteroatoms. The topological polar surface area (TPSA) is 64.3 Å². The summed E-state index contributed by atoms with van der Waals surface area (Å²) in [6.45, 7) is 5.98. The molecule has 1 fully saturated rings. The molecule has 1 amide bonds. The standard InChI is InChI=1S/C15H22N2O2/c1-10-5-4-6-13(7-10)17-15(14(16)18)8-11(2)19-12(3)9-15/h4-7,11-12,17H,8-9H2,1-3H3,(H2,16,18). The summed E-state index contributed by atoms with van der Waals surface area (Å²) in [5, 5.41) is 3.34. The minimum absolute atomic E-state index is 0.0218. The van der Waals surface area contributed by atoms with Crippen LogP contribution in [0.25, 0.3) is 0 Å². The number of ether oxygens (including phenoxy) is 1. The number of carbonyl (C=O) groups excluding carboxylic acids is 1. The van der Waals surface area contributed by atoms with Crippen molar-refractivity contribution in [1.82, 2.24) is 0 Å². The van der Waals surface area contributed by atoms with Crippen molar-refractivity contribution < 1.29 is 9.53 Å². The number of benzene rings is 1. The maximum absolute atomic E-state index is 12.0. The molecule has 1 aromatic rings. The molecular weight excluding hydrogens is 240 g/mol. The number of nitrogens with one attached hydrogen (secondary N) is 1. The Morgan fingerprint density at radius 3 is 2.53 bits per heavy atom. The van der Waals surface area contributed by atoms with Gasteiger partial charge in [-0.3, -0.25) is 4.79 Å². The molecule has 1 heterocycles. The highest BCUT2D eigenvalue weighted by Gasteiger charge is 2.43. The van der Waals surface area contributed by atoms with Crippen LogP contribution in [0, 0.1) is 6.92 Å². The molecule has 1 aromatic carbocycles. The predicted octanol–water partition coefficient (Wildman–Crippen LogP) is 2.22. The Balaban J connectivity index is 2.27. The number of hydrogen-bond acceptors (Lipinski definition) is 3. The van der Waals surface area contributed by atoms with Crippen LogP contribution < -0.4 is 11.1 Å². The van der Waals surface area contributed by atoms with E-state index in [1.54, 1.807) is 0 Å². The summed E-state index contributed by atoms with van der Waals surface area (Å²) in [5.41, 5.74) is 7.02. The second kappa shape index (κ2) is 5.21. The summed E-state index contributed by atoms with van der Waals surface area (Å²) >= 11 is 0. The van der Waals surface area contributed by atoms with Gasteiger partial charge in [-0.15, -0.1) is 0 Å². The van der Waals surface area contributed by atoms with Crippen LogP contribution in [0.3, 0.4) is 0 Å². The highest BCUT2D eigenvalue weighted by molar-refractivity contribution is 5.88. The average molecular weight is 262 g/mol. The zero-order valence-corrected chi connectivity index (χ0v) is 11.8. The van der Waals surface area contributed by atoms with E-state index in [0.717, 1.165) is 11.3 Å². The van der Waals surface area contributed by atoms with Crippen LogP contribution >= 0.6 is 0 Å². The first kappa shape index (κ1) is 13.9. The van der Waals surface area contributed by atoms with Gasteiger partial charge < -0.3 is 15.8 Å². The van der Waals surface area contributed by atoms with Crippen LogP contribution in [0.1, 0.15) is 32.3 Å². The van der Waals surface area contributed by atoms with E-state index >= 15 is 0 Å². The Bertz CT molecular complexity index is 463. The molecule has 2 atom stereocenters. The minimum atomic E-state index is -0.717. The van der Waals surface area contributed by atoms with E-state index in [0.29, 0.717) is 12.8 Å². The largest absolute Gasteiger partial charge is 0.375 e. The lowest BCUT2D eigenvalue weighted by atomic mass is 9.83. The summed E-state index contributed by atoms with van der Waals surface area (Å²) in [6, 6.07) is 7.98. The molecule has 0 aliphatic carbocycles. The fourth-order valence-electron chi connectivity index (χ4n) is 2.92. The first-order valence-corrected chi connectivity index (χ1v) is 6.71. The molecule has 1 aliphatic heterocycles. The molecule has 4 nitrogen and oxygen atoms in total. The van der Waals surface area contributed by atoms with E-state index in [9.17, 15) is 4.79 Å². The van der Waals surface area contributed by atoms with Gasteiger partial charge in [-0.05, 0) is 38.5 Å². The monoisotopic (exact) mass is 262 g/mol. The Hall–Kier alpha value is -1.55. The van der Waals surface area contributed by atoms with E-state index in [1.807, 2.05) is 45.0 Å². The van der Waals surface area contributed by atoms with Crippen molar-refractivity contribution in [3.05, 3.63) is 29.8 Å². The molecule has 0 bridgehead atoms. The van der Waals surface area contributed by atoms with Crippen molar-refractivity contribution >= 4 is 11.6 Å². The summed E-state index contributed by atoms with van der Waals surface area (Å²) < 4.78 is 5.71. The fourth-order valence-corrected chi connectivity index (χ4v) is 2.92. The van der Waals surface area contributed by atoms with Crippen LogP contribution in [-0.4, -0.2) is 23.7 Å². The summed E-state index contributed by atoms with van der Waals surface area (Å²) in [4.78, 5) is 12.0. The summed E-state index contributed by atoms with van der Waals surface area (Å²) in [5.74, 6) is -0.309. The van der Waals surface area contributed by atoms with Gasteiger partial charge >= 0.3 is 0 Å². The van der Waals surface area contributed by atoms with Gasteiger partial charge in [0.25, 0.3) is 0 Å². The number of primary amides is 1. The van der Waals surface area contributed by atoms with Gasteiger partial charge in [-0.25, -0.2) is 0 Å². The molecule has 19 heavy (non-hydrogen) atoms. The molecule has 1 aliphatic rings.